The van der Waals surface area contributed by atoms with Crippen LogP contribution in [0.2, 0.25) is 14.8 Å². The van der Waals surface area contributed by atoms with Crippen LogP contribution in [0, 0.1) is 0 Å². The molecular formula is C12H17NSn. The summed E-state index contributed by atoms with van der Waals surface area (Å²) in [5.41, 5.74) is 1.37. The van der Waals surface area contributed by atoms with Gasteiger partial charge in [0.25, 0.3) is 0 Å². The fraction of sp³-hybridized carbons (Fsp3) is 0.333. The topological polar surface area (TPSA) is 4.93 Å². The average Bonchev–Trinajstić information content (AvgIpc) is 2.44. The van der Waals surface area contributed by atoms with E-state index in [2.05, 4.69) is 56.9 Å². The Hall–Kier alpha value is -0.441. The van der Waals surface area contributed by atoms with Crippen LogP contribution in [0.3, 0.4) is 0 Å². The normalized spacial score (nSPS) is 12.3. The molecule has 0 amide bonds. The maximum absolute atomic E-state index is 2.47. The van der Waals surface area contributed by atoms with Gasteiger partial charge in [-0.25, -0.2) is 0 Å². The first-order valence-electron chi connectivity index (χ1n) is 5.05. The first-order valence-corrected chi connectivity index (χ1v) is 15.0. The number of aryl methyl sites for hydroxylation is 1. The van der Waals surface area contributed by atoms with Crippen molar-refractivity contribution in [1.29, 1.82) is 0 Å². The van der Waals surface area contributed by atoms with E-state index in [-0.39, 0.29) is 0 Å². The van der Waals surface area contributed by atoms with E-state index < -0.39 is 18.4 Å². The first-order chi connectivity index (χ1) is 6.50. The zero-order valence-corrected chi connectivity index (χ0v) is 12.2. The molecule has 0 saturated carbocycles. The Morgan fingerprint density at radius 3 is 2.36 bits per heavy atom. The molecule has 1 nitrogen and oxygen atoms in total. The van der Waals surface area contributed by atoms with Crippen LogP contribution in [0.15, 0.2) is 30.5 Å². The molecule has 2 rings (SSSR count). The van der Waals surface area contributed by atoms with Gasteiger partial charge in [-0.05, 0) is 0 Å². The van der Waals surface area contributed by atoms with E-state index in [0.29, 0.717) is 0 Å². The molecule has 0 unspecified atom stereocenters. The Kier molecular flexibility index (Phi) is 2.38. The summed E-state index contributed by atoms with van der Waals surface area (Å²) in [6, 6.07) is 8.72. The number of hydrogen-bond acceptors (Lipinski definition) is 0. The molecule has 0 aliphatic heterocycles. The van der Waals surface area contributed by atoms with Gasteiger partial charge in [0, 0.05) is 0 Å². The van der Waals surface area contributed by atoms with E-state index >= 15 is 0 Å². The van der Waals surface area contributed by atoms with Gasteiger partial charge in [-0.1, -0.05) is 0 Å². The van der Waals surface area contributed by atoms with Crippen molar-refractivity contribution < 1.29 is 0 Å². The number of hydrogen-bond donors (Lipinski definition) is 0. The predicted octanol–water partition coefficient (Wildman–Crippen LogP) is 2.72. The molecule has 14 heavy (non-hydrogen) atoms. The van der Waals surface area contributed by atoms with Crippen LogP contribution in [-0.2, 0) is 7.05 Å². The Morgan fingerprint density at radius 1 is 1.07 bits per heavy atom. The summed E-state index contributed by atoms with van der Waals surface area (Å²) in [5.74, 6) is 0. The van der Waals surface area contributed by atoms with Crippen molar-refractivity contribution in [3.63, 3.8) is 0 Å². The molecule has 0 aliphatic rings. The van der Waals surface area contributed by atoms with E-state index in [0.717, 1.165) is 0 Å². The minimum absolute atomic E-state index is 1.37. The molecule has 0 atom stereocenters. The summed E-state index contributed by atoms with van der Waals surface area (Å²) >= 11 is -1.93. The van der Waals surface area contributed by atoms with Crippen molar-refractivity contribution in [3.8, 4) is 0 Å². The van der Waals surface area contributed by atoms with Crippen LogP contribution in [0.4, 0.5) is 0 Å². The molecule has 0 N–H and O–H groups in total. The second-order valence-electron chi connectivity index (χ2n) is 4.92. The molecule has 0 bridgehead atoms. The summed E-state index contributed by atoms with van der Waals surface area (Å²) < 4.78 is 3.89. The third-order valence-corrected chi connectivity index (χ3v) is 8.45. The third-order valence-electron chi connectivity index (χ3n) is 2.70. The second-order valence-corrected chi connectivity index (χ2v) is 19.3. The number of rotatable bonds is 1. The molecule has 0 fully saturated rings. The SMILES string of the molecule is Cn1c[c]([Sn]([CH3])([CH3])[CH3])c2ccccc21. The zero-order valence-electron chi connectivity index (χ0n) is 9.33. The molecule has 74 valence electrons. The van der Waals surface area contributed by atoms with E-state index in [1.165, 1.54) is 10.9 Å². The Morgan fingerprint density at radius 2 is 1.71 bits per heavy atom. The molecule has 1 heterocycles. The standard InChI is InChI=1S/C9H8N.3CH3.Sn/c1-10-7-6-8-4-2-3-5-9(8)10;;;;/h2-5,7H,1H3;3*1H3;. The van der Waals surface area contributed by atoms with Gasteiger partial charge in [0.1, 0.15) is 0 Å². The van der Waals surface area contributed by atoms with Gasteiger partial charge in [-0.15, -0.1) is 0 Å². The van der Waals surface area contributed by atoms with Gasteiger partial charge in [0.05, 0.1) is 0 Å². The van der Waals surface area contributed by atoms with Crippen LogP contribution < -0.4 is 3.58 Å². The van der Waals surface area contributed by atoms with Gasteiger partial charge in [-0.2, -0.15) is 0 Å². The fourth-order valence-corrected chi connectivity index (χ4v) is 6.51. The summed E-state index contributed by atoms with van der Waals surface area (Å²) in [7, 11) is 2.14. The molecular weight excluding hydrogens is 277 g/mol. The van der Waals surface area contributed by atoms with Gasteiger partial charge in [-0.3, -0.25) is 0 Å². The number of aromatic nitrogens is 1. The Balaban J connectivity index is 2.80. The Labute approximate surface area is 89.6 Å². The molecule has 0 aliphatic carbocycles. The summed E-state index contributed by atoms with van der Waals surface area (Å²) in [4.78, 5) is 7.41. The summed E-state index contributed by atoms with van der Waals surface area (Å²) in [6.45, 7) is 0. The zero-order chi connectivity index (χ0) is 10.3. The van der Waals surface area contributed by atoms with Gasteiger partial charge in [0.15, 0.2) is 0 Å². The molecule has 0 saturated heterocycles. The van der Waals surface area contributed by atoms with Gasteiger partial charge in [0.2, 0.25) is 0 Å². The minimum atomic E-state index is -1.93. The fourth-order valence-electron chi connectivity index (χ4n) is 1.94. The molecule has 0 radical (unpaired) electrons. The number of fused-ring (bicyclic) bond motifs is 1. The van der Waals surface area contributed by atoms with Crippen molar-refractivity contribution in [1.82, 2.24) is 4.57 Å². The molecule has 2 heteroatoms. The number of para-hydroxylation sites is 1. The van der Waals surface area contributed by atoms with Crippen LogP contribution in [-0.4, -0.2) is 22.9 Å². The molecule has 1 aromatic carbocycles. The molecule has 2 aromatic rings. The molecule has 1 aromatic heterocycles. The second kappa shape index (κ2) is 3.30. The monoisotopic (exact) mass is 295 g/mol. The van der Waals surface area contributed by atoms with E-state index in [1.807, 2.05) is 0 Å². The van der Waals surface area contributed by atoms with E-state index in [1.54, 1.807) is 3.58 Å². The predicted molar refractivity (Wildman–Crippen MR) is 65.9 cm³/mol. The van der Waals surface area contributed by atoms with Gasteiger partial charge < -0.3 is 0 Å². The number of nitrogens with zero attached hydrogens (tertiary/aromatic N) is 1. The summed E-state index contributed by atoms with van der Waals surface area (Å²) in [6.07, 6.45) is 2.33. The first kappa shape index (κ1) is 10.1. The Bertz CT molecular complexity index is 463. The van der Waals surface area contributed by atoms with Crippen LogP contribution in [0.1, 0.15) is 0 Å². The van der Waals surface area contributed by atoms with Crippen LogP contribution >= 0.6 is 0 Å². The van der Waals surface area contributed by atoms with Crippen molar-refractivity contribution >= 4 is 32.9 Å². The van der Waals surface area contributed by atoms with Crippen LogP contribution in [0.5, 0.6) is 0 Å². The quantitative estimate of drug-likeness (QED) is 0.713. The van der Waals surface area contributed by atoms with E-state index in [4.69, 9.17) is 0 Å². The maximum atomic E-state index is 2.47. The summed E-state index contributed by atoms with van der Waals surface area (Å²) in [5, 5.41) is 1.47. The van der Waals surface area contributed by atoms with Crippen molar-refractivity contribution in [2.75, 3.05) is 0 Å². The van der Waals surface area contributed by atoms with Crippen molar-refractivity contribution in [2.24, 2.45) is 7.05 Å². The molecule has 0 spiro atoms. The van der Waals surface area contributed by atoms with Gasteiger partial charge >= 0.3 is 89.8 Å². The average molecular weight is 294 g/mol. The number of benzene rings is 1. The van der Waals surface area contributed by atoms with E-state index in [9.17, 15) is 0 Å². The van der Waals surface area contributed by atoms with Crippen molar-refractivity contribution in [2.45, 2.75) is 14.8 Å². The van der Waals surface area contributed by atoms with Crippen LogP contribution in [0.25, 0.3) is 10.9 Å². The van der Waals surface area contributed by atoms with Crippen molar-refractivity contribution in [3.05, 3.63) is 30.5 Å². The third kappa shape index (κ3) is 1.58.